The van der Waals surface area contributed by atoms with Gasteiger partial charge in [0.05, 0.1) is 4.91 Å². The van der Waals surface area contributed by atoms with E-state index >= 15 is 0 Å². The molecule has 1 N–H and O–H groups in total. The highest BCUT2D eigenvalue weighted by atomic mass is 32.2. The number of aromatic nitrogens is 4. The molecule has 1 aromatic carbocycles. The molecule has 9 nitrogen and oxygen atoms in total. The quantitative estimate of drug-likeness (QED) is 0.750. The van der Waals surface area contributed by atoms with E-state index in [1.807, 2.05) is 30.3 Å². The minimum Gasteiger partial charge on any atom is -0.353 e. The second-order valence-electron chi connectivity index (χ2n) is 5.10. The summed E-state index contributed by atoms with van der Waals surface area (Å²) < 4.78 is 1.28. The minimum atomic E-state index is -0.353. The molecule has 3 rings (SSSR count). The average Bonchev–Trinajstić information content (AvgIpc) is 3.19. The zero-order valence-corrected chi connectivity index (χ0v) is 13.8. The first-order chi connectivity index (χ1) is 12.1. The van der Waals surface area contributed by atoms with Gasteiger partial charge in [0, 0.05) is 13.1 Å². The monoisotopic (exact) mass is 358 g/mol. The van der Waals surface area contributed by atoms with Crippen LogP contribution in [0.25, 0.3) is 6.08 Å². The first-order valence-electron chi connectivity index (χ1n) is 7.41. The highest BCUT2D eigenvalue weighted by Crippen LogP contribution is 2.31. The van der Waals surface area contributed by atoms with E-state index in [-0.39, 0.29) is 36.7 Å². The van der Waals surface area contributed by atoms with Gasteiger partial charge < -0.3 is 5.32 Å². The lowest BCUT2D eigenvalue weighted by Gasteiger charge is -2.12. The van der Waals surface area contributed by atoms with Crippen LogP contribution in [0.4, 0.5) is 4.79 Å². The summed E-state index contributed by atoms with van der Waals surface area (Å²) >= 11 is 0.894. The van der Waals surface area contributed by atoms with Gasteiger partial charge in [0.2, 0.25) is 5.91 Å². The summed E-state index contributed by atoms with van der Waals surface area (Å²) in [4.78, 5) is 37.5. The molecule has 1 aliphatic heterocycles. The van der Waals surface area contributed by atoms with Crippen LogP contribution in [0.15, 0.2) is 41.6 Å². The Morgan fingerprint density at radius 2 is 2.04 bits per heavy atom. The lowest BCUT2D eigenvalue weighted by Crippen LogP contribution is -2.38. The van der Waals surface area contributed by atoms with Gasteiger partial charge in [0.25, 0.3) is 11.1 Å². The number of imide groups is 1. The van der Waals surface area contributed by atoms with Gasteiger partial charge in [0.1, 0.15) is 12.9 Å². The van der Waals surface area contributed by atoms with Crippen molar-refractivity contribution in [1.82, 2.24) is 30.4 Å². The second-order valence-corrected chi connectivity index (χ2v) is 6.09. The molecule has 1 aliphatic rings. The lowest BCUT2D eigenvalue weighted by molar-refractivity contribution is -0.124. The van der Waals surface area contributed by atoms with Crippen molar-refractivity contribution in [3.05, 3.63) is 47.1 Å². The van der Waals surface area contributed by atoms with Crippen LogP contribution in [0.2, 0.25) is 0 Å². The summed E-state index contributed by atoms with van der Waals surface area (Å²) in [6.07, 6.45) is 3.01. The first-order valence-corrected chi connectivity index (χ1v) is 8.23. The molecule has 1 fully saturated rings. The predicted octanol–water partition coefficient (Wildman–Crippen LogP) is 0.526. The Bertz CT molecular complexity index is 806. The van der Waals surface area contributed by atoms with Crippen molar-refractivity contribution in [2.45, 2.75) is 6.54 Å². The molecule has 128 valence electrons. The van der Waals surface area contributed by atoms with Crippen LogP contribution >= 0.6 is 11.8 Å². The standard InChI is InChI=1S/C15H14N6O3S/c22-13(9-20-10-17-18-19-20)16-6-7-21-14(23)12(25-15(21)24)8-11-4-2-1-3-5-11/h1-5,8,10H,6-7,9H2,(H,16,22)/b12-8-. The number of carbonyl (C=O) groups is 3. The lowest BCUT2D eigenvalue weighted by atomic mass is 10.2. The van der Waals surface area contributed by atoms with E-state index in [0.717, 1.165) is 22.2 Å². The largest absolute Gasteiger partial charge is 0.353 e. The van der Waals surface area contributed by atoms with E-state index in [9.17, 15) is 14.4 Å². The normalized spacial score (nSPS) is 15.8. The molecule has 0 unspecified atom stereocenters. The maximum atomic E-state index is 12.3. The Morgan fingerprint density at radius 3 is 2.76 bits per heavy atom. The summed E-state index contributed by atoms with van der Waals surface area (Å²) in [5, 5.41) is 12.7. The molecular weight excluding hydrogens is 344 g/mol. The number of amides is 3. The van der Waals surface area contributed by atoms with Crippen LogP contribution in [0, 0.1) is 0 Å². The number of tetrazole rings is 1. The van der Waals surface area contributed by atoms with Crippen molar-refractivity contribution in [3.63, 3.8) is 0 Å². The molecule has 1 saturated heterocycles. The number of rotatable bonds is 6. The molecule has 3 amide bonds. The fourth-order valence-electron chi connectivity index (χ4n) is 2.16. The third kappa shape index (κ3) is 4.29. The molecule has 0 aliphatic carbocycles. The number of benzene rings is 1. The third-order valence-corrected chi connectivity index (χ3v) is 4.23. The van der Waals surface area contributed by atoms with E-state index < -0.39 is 0 Å². The summed E-state index contributed by atoms with van der Waals surface area (Å²) in [6.45, 7) is 0.249. The van der Waals surface area contributed by atoms with E-state index in [0.29, 0.717) is 4.91 Å². The summed E-state index contributed by atoms with van der Waals surface area (Å²) in [6, 6.07) is 9.30. The fraction of sp³-hybridized carbons (Fsp3) is 0.200. The highest BCUT2D eigenvalue weighted by Gasteiger charge is 2.34. The van der Waals surface area contributed by atoms with Gasteiger partial charge in [-0.25, -0.2) is 4.68 Å². The number of hydrogen-bond donors (Lipinski definition) is 1. The highest BCUT2D eigenvalue weighted by molar-refractivity contribution is 8.18. The van der Waals surface area contributed by atoms with Gasteiger partial charge in [-0.15, -0.1) is 5.10 Å². The van der Waals surface area contributed by atoms with Gasteiger partial charge in [-0.3, -0.25) is 19.3 Å². The van der Waals surface area contributed by atoms with Crippen molar-refractivity contribution >= 4 is 34.9 Å². The summed E-state index contributed by atoms with van der Waals surface area (Å²) in [7, 11) is 0. The van der Waals surface area contributed by atoms with Crippen LogP contribution in [-0.4, -0.2) is 55.3 Å². The second kappa shape index (κ2) is 7.71. The molecule has 0 bridgehead atoms. The number of thioether (sulfide) groups is 1. The van der Waals surface area contributed by atoms with Crippen LogP contribution in [-0.2, 0) is 16.1 Å². The van der Waals surface area contributed by atoms with Crippen molar-refractivity contribution in [3.8, 4) is 0 Å². The van der Waals surface area contributed by atoms with E-state index in [2.05, 4.69) is 20.8 Å². The minimum absolute atomic E-state index is 0.0250. The van der Waals surface area contributed by atoms with Crippen molar-refractivity contribution in [2.75, 3.05) is 13.1 Å². The van der Waals surface area contributed by atoms with Gasteiger partial charge in [-0.1, -0.05) is 30.3 Å². The van der Waals surface area contributed by atoms with Gasteiger partial charge in [-0.05, 0) is 33.8 Å². The SMILES string of the molecule is O=C(Cn1cnnn1)NCCN1C(=O)S/C(=C\c2ccccc2)C1=O. The third-order valence-electron chi connectivity index (χ3n) is 3.33. The Hall–Kier alpha value is -3.01. The number of carbonyl (C=O) groups excluding carboxylic acids is 3. The smallest absolute Gasteiger partial charge is 0.293 e. The first kappa shape index (κ1) is 16.8. The molecule has 25 heavy (non-hydrogen) atoms. The fourth-order valence-corrected chi connectivity index (χ4v) is 3.02. The molecule has 0 spiro atoms. The van der Waals surface area contributed by atoms with Crippen molar-refractivity contribution in [1.29, 1.82) is 0 Å². The van der Waals surface area contributed by atoms with Crippen LogP contribution in [0.5, 0.6) is 0 Å². The van der Waals surface area contributed by atoms with Crippen LogP contribution < -0.4 is 5.32 Å². The van der Waals surface area contributed by atoms with Crippen molar-refractivity contribution < 1.29 is 14.4 Å². The molecular formula is C15H14N6O3S. The Labute approximate surface area is 147 Å². The summed E-state index contributed by atoms with van der Waals surface area (Å²) in [5.74, 6) is -0.660. The van der Waals surface area contributed by atoms with Gasteiger partial charge in [-0.2, -0.15) is 0 Å². The van der Waals surface area contributed by atoms with Crippen molar-refractivity contribution in [2.24, 2.45) is 0 Å². The van der Waals surface area contributed by atoms with Gasteiger partial charge >= 0.3 is 0 Å². The molecule has 0 radical (unpaired) electrons. The maximum Gasteiger partial charge on any atom is 0.293 e. The maximum absolute atomic E-state index is 12.3. The van der Waals surface area contributed by atoms with Crippen LogP contribution in [0.1, 0.15) is 5.56 Å². The molecule has 1 aromatic heterocycles. The van der Waals surface area contributed by atoms with Gasteiger partial charge in [0.15, 0.2) is 0 Å². The summed E-state index contributed by atoms with van der Waals surface area (Å²) in [5.41, 5.74) is 0.850. The van der Waals surface area contributed by atoms with E-state index in [1.165, 1.54) is 11.0 Å². The molecule has 0 saturated carbocycles. The van der Waals surface area contributed by atoms with E-state index in [4.69, 9.17) is 0 Å². The van der Waals surface area contributed by atoms with Crippen LogP contribution in [0.3, 0.4) is 0 Å². The Kier molecular flexibility index (Phi) is 5.19. The average molecular weight is 358 g/mol. The molecule has 0 atom stereocenters. The zero-order chi connectivity index (χ0) is 17.6. The Morgan fingerprint density at radius 1 is 1.24 bits per heavy atom. The molecule has 10 heteroatoms. The number of hydrogen-bond acceptors (Lipinski definition) is 7. The molecule has 2 aromatic rings. The zero-order valence-electron chi connectivity index (χ0n) is 13.0. The Balaban J connectivity index is 1.53. The number of nitrogens with one attached hydrogen (secondary N) is 1. The molecule has 2 heterocycles. The number of nitrogens with zero attached hydrogens (tertiary/aromatic N) is 5. The predicted molar refractivity (Wildman–Crippen MR) is 89.9 cm³/mol. The topological polar surface area (TPSA) is 110 Å². The van der Waals surface area contributed by atoms with E-state index in [1.54, 1.807) is 6.08 Å².